The highest BCUT2D eigenvalue weighted by Gasteiger charge is 2.44. The molecule has 3 heteroatoms. The average molecular weight is 223 g/mol. The maximum Gasteiger partial charge on any atom is 0.140 e. The molecule has 1 atom stereocenters. The van der Waals surface area contributed by atoms with Crippen LogP contribution in [0.4, 0.5) is 0 Å². The van der Waals surface area contributed by atoms with Gasteiger partial charge in [0.05, 0.1) is 0 Å². The Labute approximate surface area is 93.7 Å². The van der Waals surface area contributed by atoms with Gasteiger partial charge < -0.3 is 5.11 Å². The molecule has 0 amide bonds. The summed E-state index contributed by atoms with van der Waals surface area (Å²) >= 11 is 0. The summed E-state index contributed by atoms with van der Waals surface area (Å²) in [7, 11) is -1.36. The molecule has 3 heterocycles. The maximum atomic E-state index is 10.5. The van der Waals surface area contributed by atoms with Crippen molar-refractivity contribution in [2.45, 2.75) is 38.1 Å². The minimum Gasteiger partial charge on any atom is -0.376 e. The number of fused-ring (bicyclic) bond motifs is 3. The Morgan fingerprint density at radius 3 is 2.27 bits per heavy atom. The fraction of sp³-hybridized carbons (Fsp3) is 0.833. The Morgan fingerprint density at radius 2 is 1.87 bits per heavy atom. The summed E-state index contributed by atoms with van der Waals surface area (Å²) < 4.78 is 0. The van der Waals surface area contributed by atoms with Crippen molar-refractivity contribution in [3.8, 4) is 11.5 Å². The summed E-state index contributed by atoms with van der Waals surface area (Å²) in [5.74, 6) is 3.62. The van der Waals surface area contributed by atoms with E-state index in [1.54, 1.807) is 0 Å². The molecule has 0 aromatic rings. The van der Waals surface area contributed by atoms with E-state index < -0.39 is 13.7 Å². The first-order valence-electron chi connectivity index (χ1n) is 5.88. The van der Waals surface area contributed by atoms with Crippen LogP contribution in [0.25, 0.3) is 0 Å². The van der Waals surface area contributed by atoms with E-state index in [0.29, 0.717) is 5.92 Å². The second-order valence-electron chi connectivity index (χ2n) is 5.97. The second-order valence-corrected chi connectivity index (χ2v) is 10.7. The highest BCUT2D eigenvalue weighted by Crippen LogP contribution is 2.35. The number of rotatable bonds is 0. The van der Waals surface area contributed by atoms with Crippen LogP contribution in [0.2, 0.25) is 19.6 Å². The number of nitrogens with zero attached hydrogens (tertiary/aromatic N) is 1. The molecule has 0 unspecified atom stereocenters. The summed E-state index contributed by atoms with van der Waals surface area (Å²) in [6.45, 7) is 9.76. The lowest BCUT2D eigenvalue weighted by atomic mass is 9.76. The number of hydrogen-bond acceptors (Lipinski definition) is 2. The molecule has 0 saturated carbocycles. The van der Waals surface area contributed by atoms with Crippen LogP contribution in [0.5, 0.6) is 0 Å². The number of aliphatic hydroxyl groups is 1. The fourth-order valence-electron chi connectivity index (χ4n) is 2.48. The van der Waals surface area contributed by atoms with Gasteiger partial charge in [0.2, 0.25) is 0 Å². The Morgan fingerprint density at radius 1 is 1.27 bits per heavy atom. The monoisotopic (exact) mass is 223 g/mol. The van der Waals surface area contributed by atoms with Gasteiger partial charge in [-0.15, -0.1) is 5.54 Å². The van der Waals surface area contributed by atoms with Gasteiger partial charge in [0.25, 0.3) is 0 Å². The van der Waals surface area contributed by atoms with Crippen LogP contribution in [-0.2, 0) is 0 Å². The van der Waals surface area contributed by atoms with Crippen molar-refractivity contribution in [1.29, 1.82) is 0 Å². The molecule has 0 aromatic carbocycles. The quantitative estimate of drug-likeness (QED) is 0.495. The summed E-state index contributed by atoms with van der Waals surface area (Å²) in [6.07, 6.45) is 2.24. The van der Waals surface area contributed by atoms with E-state index in [-0.39, 0.29) is 0 Å². The van der Waals surface area contributed by atoms with Crippen molar-refractivity contribution in [3.05, 3.63) is 0 Å². The van der Waals surface area contributed by atoms with Crippen LogP contribution in [0.1, 0.15) is 12.8 Å². The summed E-state index contributed by atoms with van der Waals surface area (Å²) in [6, 6.07) is 0. The van der Waals surface area contributed by atoms with Crippen LogP contribution < -0.4 is 0 Å². The summed E-state index contributed by atoms with van der Waals surface area (Å²) in [5.41, 5.74) is 2.63. The van der Waals surface area contributed by atoms with Gasteiger partial charge in [-0.2, -0.15) is 0 Å². The van der Waals surface area contributed by atoms with Gasteiger partial charge in [0, 0.05) is 12.5 Å². The van der Waals surface area contributed by atoms with Crippen LogP contribution >= 0.6 is 0 Å². The average Bonchev–Trinajstić information content (AvgIpc) is 2.16. The molecular weight excluding hydrogens is 202 g/mol. The molecule has 2 nitrogen and oxygen atoms in total. The number of hydrogen-bond donors (Lipinski definition) is 1. The molecule has 2 bridgehead atoms. The predicted molar refractivity (Wildman–Crippen MR) is 65.2 cm³/mol. The van der Waals surface area contributed by atoms with Gasteiger partial charge >= 0.3 is 0 Å². The van der Waals surface area contributed by atoms with Crippen LogP contribution in [-0.4, -0.2) is 43.3 Å². The lowest BCUT2D eigenvalue weighted by Crippen LogP contribution is -2.58. The maximum absolute atomic E-state index is 10.5. The standard InChI is InChI=1S/C12H21NOSi/c1-15(2,3)9-6-12(14)10-13-7-4-11(12)5-8-13/h11,14H,4-5,7-8,10H2,1-3H3/t12-/m0/s1. The third-order valence-electron chi connectivity index (χ3n) is 3.38. The predicted octanol–water partition coefficient (Wildman–Crippen LogP) is 1.32. The largest absolute Gasteiger partial charge is 0.376 e. The van der Waals surface area contributed by atoms with Crippen molar-refractivity contribution < 1.29 is 5.11 Å². The van der Waals surface area contributed by atoms with Crippen molar-refractivity contribution in [2.75, 3.05) is 19.6 Å². The SMILES string of the molecule is C[Si](C)(C)C#C[C@]1(O)CN2CCC1CC2. The Hall–Kier alpha value is -0.303. The molecule has 15 heavy (non-hydrogen) atoms. The molecule has 0 radical (unpaired) electrons. The zero-order valence-electron chi connectivity index (χ0n) is 10.0. The van der Waals surface area contributed by atoms with Gasteiger partial charge in [-0.05, 0) is 25.9 Å². The first kappa shape index (κ1) is 11.2. The molecule has 0 spiro atoms. The Bertz CT molecular complexity index is 304. The van der Waals surface area contributed by atoms with E-state index in [1.807, 2.05) is 0 Å². The van der Waals surface area contributed by atoms with Gasteiger partial charge in [-0.1, -0.05) is 25.6 Å². The first-order chi connectivity index (χ1) is 6.89. The Kier molecular flexibility index (Phi) is 2.70. The van der Waals surface area contributed by atoms with E-state index in [2.05, 4.69) is 36.0 Å². The van der Waals surface area contributed by atoms with E-state index in [1.165, 1.54) is 0 Å². The first-order valence-corrected chi connectivity index (χ1v) is 9.38. The molecule has 3 saturated heterocycles. The van der Waals surface area contributed by atoms with Crippen LogP contribution in [0.3, 0.4) is 0 Å². The van der Waals surface area contributed by atoms with E-state index in [4.69, 9.17) is 0 Å². The second kappa shape index (κ2) is 3.62. The third kappa shape index (κ3) is 2.44. The molecule has 0 aromatic heterocycles. The fourth-order valence-corrected chi connectivity index (χ4v) is 3.07. The van der Waals surface area contributed by atoms with Gasteiger partial charge in [0.15, 0.2) is 0 Å². The smallest absolute Gasteiger partial charge is 0.140 e. The highest BCUT2D eigenvalue weighted by atomic mass is 28.3. The summed E-state index contributed by atoms with van der Waals surface area (Å²) in [5, 5.41) is 10.5. The van der Waals surface area contributed by atoms with Gasteiger partial charge in [-0.25, -0.2) is 0 Å². The van der Waals surface area contributed by atoms with E-state index >= 15 is 0 Å². The molecule has 1 N–H and O–H groups in total. The van der Waals surface area contributed by atoms with E-state index in [9.17, 15) is 5.11 Å². The lowest BCUT2D eigenvalue weighted by molar-refractivity contribution is -0.0712. The van der Waals surface area contributed by atoms with E-state index in [0.717, 1.165) is 32.5 Å². The third-order valence-corrected chi connectivity index (χ3v) is 4.26. The van der Waals surface area contributed by atoms with Crippen LogP contribution in [0.15, 0.2) is 0 Å². The van der Waals surface area contributed by atoms with Crippen LogP contribution in [0, 0.1) is 17.4 Å². The van der Waals surface area contributed by atoms with Crippen molar-refractivity contribution in [1.82, 2.24) is 4.90 Å². The zero-order valence-corrected chi connectivity index (χ0v) is 11.0. The van der Waals surface area contributed by atoms with Gasteiger partial charge in [-0.3, -0.25) is 4.90 Å². The zero-order chi connectivity index (χ0) is 11.1. The minimum atomic E-state index is -1.36. The van der Waals surface area contributed by atoms with Gasteiger partial charge in [0.1, 0.15) is 13.7 Å². The van der Waals surface area contributed by atoms with Crippen molar-refractivity contribution >= 4 is 8.07 Å². The molecule has 0 aliphatic carbocycles. The lowest BCUT2D eigenvalue weighted by Gasteiger charge is -2.48. The van der Waals surface area contributed by atoms with Crippen molar-refractivity contribution in [2.24, 2.45) is 5.92 Å². The number of piperidine rings is 3. The normalized spacial score (nSPS) is 39.7. The molecule has 3 aliphatic rings. The Balaban J connectivity index is 2.16. The highest BCUT2D eigenvalue weighted by molar-refractivity contribution is 6.83. The topological polar surface area (TPSA) is 23.5 Å². The minimum absolute atomic E-state index is 0.423. The van der Waals surface area contributed by atoms with Crippen molar-refractivity contribution in [3.63, 3.8) is 0 Å². The molecule has 3 rings (SSSR count). The molecule has 3 aliphatic heterocycles. The molecule has 3 fully saturated rings. The molecule has 84 valence electrons. The summed E-state index contributed by atoms with van der Waals surface area (Å²) in [4.78, 5) is 2.35. The molecular formula is C12H21NOSi.